The van der Waals surface area contributed by atoms with Crippen LogP contribution in [0.1, 0.15) is 25.1 Å². The van der Waals surface area contributed by atoms with Gasteiger partial charge in [0.1, 0.15) is 0 Å². The second-order valence-electron chi connectivity index (χ2n) is 3.35. The van der Waals surface area contributed by atoms with Gasteiger partial charge in [0.05, 0.1) is 17.6 Å². The molecule has 0 amide bonds. The van der Waals surface area contributed by atoms with E-state index in [9.17, 15) is 0 Å². The molecular formula is C10H17N3. The zero-order valence-electron chi connectivity index (χ0n) is 8.49. The van der Waals surface area contributed by atoms with E-state index in [0.29, 0.717) is 0 Å². The Hall–Kier alpha value is -1.09. The maximum absolute atomic E-state index is 5.84. The molecule has 1 aromatic heterocycles. The van der Waals surface area contributed by atoms with Crippen LogP contribution in [0, 0.1) is 0 Å². The molecule has 1 atom stereocenters. The van der Waals surface area contributed by atoms with Gasteiger partial charge in [0.2, 0.25) is 0 Å². The zero-order chi connectivity index (χ0) is 9.84. The van der Waals surface area contributed by atoms with Crippen molar-refractivity contribution in [2.24, 2.45) is 5.73 Å². The third-order valence-electron chi connectivity index (χ3n) is 2.11. The van der Waals surface area contributed by atoms with Crippen LogP contribution in [0.15, 0.2) is 18.3 Å². The first-order valence-electron chi connectivity index (χ1n) is 4.54. The molecule has 0 aliphatic heterocycles. The number of pyridine rings is 1. The van der Waals surface area contributed by atoms with E-state index in [0.717, 1.165) is 17.8 Å². The minimum atomic E-state index is 0.0659. The van der Waals surface area contributed by atoms with Crippen molar-refractivity contribution in [2.75, 3.05) is 19.0 Å². The lowest BCUT2D eigenvalue weighted by atomic mass is 10.1. The average Bonchev–Trinajstić information content (AvgIpc) is 2.17. The predicted octanol–water partition coefficient (Wildman–Crippen LogP) is 1.56. The molecule has 0 fully saturated rings. The maximum Gasteiger partial charge on any atom is 0.0572 e. The second kappa shape index (κ2) is 4.23. The predicted molar refractivity (Wildman–Crippen MR) is 55.8 cm³/mol. The number of aromatic nitrogens is 1. The highest BCUT2D eigenvalue weighted by atomic mass is 15.1. The van der Waals surface area contributed by atoms with Crippen LogP contribution >= 0.6 is 0 Å². The summed E-state index contributed by atoms with van der Waals surface area (Å²) >= 11 is 0. The first-order chi connectivity index (χ1) is 6.15. The molecule has 1 heterocycles. The highest BCUT2D eigenvalue weighted by Gasteiger charge is 2.04. The number of hydrogen-bond acceptors (Lipinski definition) is 3. The van der Waals surface area contributed by atoms with Gasteiger partial charge < -0.3 is 10.6 Å². The van der Waals surface area contributed by atoms with Gasteiger partial charge in [-0.1, -0.05) is 6.92 Å². The van der Waals surface area contributed by atoms with Crippen molar-refractivity contribution in [3.63, 3.8) is 0 Å². The molecule has 0 spiro atoms. The van der Waals surface area contributed by atoms with Crippen LogP contribution < -0.4 is 10.6 Å². The third kappa shape index (κ3) is 2.42. The molecule has 0 unspecified atom stereocenters. The molecular weight excluding hydrogens is 162 g/mol. The van der Waals surface area contributed by atoms with E-state index in [2.05, 4.69) is 11.9 Å². The highest BCUT2D eigenvalue weighted by Crippen LogP contribution is 2.14. The van der Waals surface area contributed by atoms with E-state index < -0.39 is 0 Å². The number of anilines is 1. The van der Waals surface area contributed by atoms with Crippen molar-refractivity contribution in [1.29, 1.82) is 0 Å². The zero-order valence-corrected chi connectivity index (χ0v) is 8.49. The fraction of sp³-hybridized carbons (Fsp3) is 0.500. The maximum atomic E-state index is 5.84. The molecule has 0 aromatic carbocycles. The Morgan fingerprint density at radius 2 is 2.15 bits per heavy atom. The Bertz CT molecular complexity index is 253. The lowest BCUT2D eigenvalue weighted by Crippen LogP contribution is -2.12. The highest BCUT2D eigenvalue weighted by molar-refractivity contribution is 5.42. The minimum Gasteiger partial charge on any atom is -0.376 e. The largest absolute Gasteiger partial charge is 0.376 e. The number of nitrogens with two attached hydrogens (primary N) is 1. The summed E-state index contributed by atoms with van der Waals surface area (Å²) in [7, 11) is 3.99. The molecule has 1 rings (SSSR count). The van der Waals surface area contributed by atoms with Gasteiger partial charge in [-0.25, -0.2) is 0 Å². The van der Waals surface area contributed by atoms with Crippen molar-refractivity contribution in [3.05, 3.63) is 24.0 Å². The fourth-order valence-electron chi connectivity index (χ4n) is 1.09. The van der Waals surface area contributed by atoms with Gasteiger partial charge in [-0.3, -0.25) is 4.98 Å². The molecule has 0 aliphatic carbocycles. The Morgan fingerprint density at radius 3 is 2.54 bits per heavy atom. The van der Waals surface area contributed by atoms with Crippen LogP contribution in [0.4, 0.5) is 5.69 Å². The van der Waals surface area contributed by atoms with Crippen molar-refractivity contribution in [3.8, 4) is 0 Å². The topological polar surface area (TPSA) is 42.1 Å². The molecule has 72 valence electrons. The fourth-order valence-corrected chi connectivity index (χ4v) is 1.09. The van der Waals surface area contributed by atoms with Crippen molar-refractivity contribution >= 4 is 5.69 Å². The first kappa shape index (κ1) is 9.99. The summed E-state index contributed by atoms with van der Waals surface area (Å²) in [6.07, 6.45) is 2.78. The summed E-state index contributed by atoms with van der Waals surface area (Å²) in [5, 5.41) is 0. The Morgan fingerprint density at radius 1 is 1.46 bits per heavy atom. The number of hydrogen-bond donors (Lipinski definition) is 1. The monoisotopic (exact) mass is 179 g/mol. The Balaban J connectivity index is 2.81. The summed E-state index contributed by atoms with van der Waals surface area (Å²) in [6, 6.07) is 4.10. The van der Waals surface area contributed by atoms with Crippen molar-refractivity contribution in [1.82, 2.24) is 4.98 Å². The van der Waals surface area contributed by atoms with Gasteiger partial charge in [-0.15, -0.1) is 0 Å². The van der Waals surface area contributed by atoms with Crippen LogP contribution in [0.25, 0.3) is 0 Å². The summed E-state index contributed by atoms with van der Waals surface area (Å²) in [6.45, 7) is 2.06. The van der Waals surface area contributed by atoms with Gasteiger partial charge in [0, 0.05) is 20.1 Å². The molecule has 0 radical (unpaired) electrons. The molecule has 0 bridgehead atoms. The molecule has 2 N–H and O–H groups in total. The van der Waals surface area contributed by atoms with E-state index in [-0.39, 0.29) is 6.04 Å². The molecule has 1 aromatic rings. The van der Waals surface area contributed by atoms with Crippen LogP contribution in [0.3, 0.4) is 0 Å². The van der Waals surface area contributed by atoms with E-state index in [1.807, 2.05) is 37.3 Å². The van der Waals surface area contributed by atoms with Crippen LogP contribution in [-0.2, 0) is 0 Å². The molecule has 0 saturated heterocycles. The Labute approximate surface area is 79.6 Å². The van der Waals surface area contributed by atoms with Crippen LogP contribution in [0.2, 0.25) is 0 Å². The van der Waals surface area contributed by atoms with E-state index in [1.54, 1.807) is 0 Å². The van der Waals surface area contributed by atoms with Gasteiger partial charge in [0.15, 0.2) is 0 Å². The average molecular weight is 179 g/mol. The van der Waals surface area contributed by atoms with Crippen LogP contribution in [-0.4, -0.2) is 19.1 Å². The molecule has 13 heavy (non-hydrogen) atoms. The van der Waals surface area contributed by atoms with Gasteiger partial charge >= 0.3 is 0 Å². The number of rotatable bonds is 3. The first-order valence-corrected chi connectivity index (χ1v) is 4.54. The standard InChI is InChI=1S/C10H17N3/c1-4-9(11)10-6-5-8(7-12-10)13(2)3/h5-7,9H,4,11H2,1-3H3/t9-/m0/s1. The lowest BCUT2D eigenvalue weighted by molar-refractivity contribution is 0.675. The third-order valence-corrected chi connectivity index (χ3v) is 2.11. The quantitative estimate of drug-likeness (QED) is 0.765. The summed E-state index contributed by atoms with van der Waals surface area (Å²) in [5.41, 5.74) is 7.91. The van der Waals surface area contributed by atoms with Crippen molar-refractivity contribution < 1.29 is 0 Å². The molecule has 0 aliphatic rings. The number of nitrogens with zero attached hydrogens (tertiary/aromatic N) is 2. The van der Waals surface area contributed by atoms with Crippen LogP contribution in [0.5, 0.6) is 0 Å². The van der Waals surface area contributed by atoms with Gasteiger partial charge in [0.25, 0.3) is 0 Å². The Kier molecular flexibility index (Phi) is 3.25. The minimum absolute atomic E-state index is 0.0659. The van der Waals surface area contributed by atoms with E-state index in [4.69, 9.17) is 5.73 Å². The van der Waals surface area contributed by atoms with E-state index in [1.165, 1.54) is 0 Å². The van der Waals surface area contributed by atoms with Gasteiger partial charge in [-0.2, -0.15) is 0 Å². The summed E-state index contributed by atoms with van der Waals surface area (Å²) < 4.78 is 0. The smallest absolute Gasteiger partial charge is 0.0572 e. The lowest BCUT2D eigenvalue weighted by Gasteiger charge is -2.13. The SMILES string of the molecule is CC[C@H](N)c1ccc(N(C)C)cn1. The molecule has 3 heteroatoms. The second-order valence-corrected chi connectivity index (χ2v) is 3.35. The summed E-state index contributed by atoms with van der Waals surface area (Å²) in [4.78, 5) is 6.33. The van der Waals surface area contributed by atoms with Gasteiger partial charge in [-0.05, 0) is 18.6 Å². The van der Waals surface area contributed by atoms with E-state index >= 15 is 0 Å². The van der Waals surface area contributed by atoms with Crippen molar-refractivity contribution in [2.45, 2.75) is 19.4 Å². The summed E-state index contributed by atoms with van der Waals surface area (Å²) in [5.74, 6) is 0. The normalized spacial score (nSPS) is 12.6. The molecule has 3 nitrogen and oxygen atoms in total. The molecule has 0 saturated carbocycles.